The minimum absolute atomic E-state index is 0.0121. The highest BCUT2D eigenvalue weighted by molar-refractivity contribution is 5.96. The molecule has 1 saturated carbocycles. The van der Waals surface area contributed by atoms with Crippen LogP contribution in [0.2, 0.25) is 0 Å². The third kappa shape index (κ3) is 14.9. The van der Waals surface area contributed by atoms with Crippen LogP contribution in [0.4, 0.5) is 4.79 Å². The van der Waals surface area contributed by atoms with Gasteiger partial charge < -0.3 is 46.1 Å². The van der Waals surface area contributed by atoms with Crippen molar-refractivity contribution >= 4 is 35.6 Å². The molecule has 1 aliphatic heterocycles. The maximum absolute atomic E-state index is 14.5. The van der Waals surface area contributed by atoms with Crippen LogP contribution >= 0.6 is 0 Å². The number of carbonyl (C=O) groups excluding carboxylic acids is 5. The average Bonchev–Trinajstić information content (AvgIpc) is 3.21. The number of carboxylic acid groups (broad SMARTS) is 1. The van der Waals surface area contributed by atoms with Crippen molar-refractivity contribution in [2.45, 2.75) is 140 Å². The number of amides is 6. The predicted molar refractivity (Wildman–Crippen MR) is 220 cm³/mol. The maximum Gasteiger partial charge on any atom is 0.404 e. The lowest BCUT2D eigenvalue weighted by Gasteiger charge is -2.36. The van der Waals surface area contributed by atoms with Gasteiger partial charge in [-0.3, -0.25) is 24.0 Å². The second-order valence-corrected chi connectivity index (χ2v) is 15.5. The average molecular weight is 811 g/mol. The van der Waals surface area contributed by atoms with Crippen molar-refractivity contribution in [3.05, 3.63) is 61.2 Å². The van der Waals surface area contributed by atoms with Crippen molar-refractivity contribution in [2.24, 2.45) is 11.8 Å². The lowest BCUT2D eigenvalue weighted by Crippen LogP contribution is -2.63. The van der Waals surface area contributed by atoms with Gasteiger partial charge in [-0.1, -0.05) is 75.1 Å². The molecule has 1 unspecified atom stereocenters. The molecule has 0 radical (unpaired) electrons. The maximum atomic E-state index is 14.5. The molecule has 15 heteroatoms. The van der Waals surface area contributed by atoms with Crippen LogP contribution in [-0.2, 0) is 40.1 Å². The third-order valence-electron chi connectivity index (χ3n) is 10.9. The molecule has 1 aromatic carbocycles. The Morgan fingerprint density at radius 3 is 2.24 bits per heavy atom. The summed E-state index contributed by atoms with van der Waals surface area (Å²) in [7, 11) is 1.59. The quantitative estimate of drug-likeness (QED) is 0.142. The summed E-state index contributed by atoms with van der Waals surface area (Å²) in [5.74, 6) is -3.87. The number of nitrogens with one attached hydrogen (secondary N) is 5. The van der Waals surface area contributed by atoms with Gasteiger partial charge in [-0.15, -0.1) is 13.2 Å². The summed E-state index contributed by atoms with van der Waals surface area (Å²) in [6, 6.07) is 3.90. The largest absolute Gasteiger partial charge is 0.465 e. The molecule has 6 N–H and O–H groups in total. The van der Waals surface area contributed by atoms with Crippen LogP contribution in [0.15, 0.2) is 55.6 Å². The Kier molecular flexibility index (Phi) is 20.4. The van der Waals surface area contributed by atoms with E-state index in [-0.39, 0.29) is 25.0 Å². The van der Waals surface area contributed by atoms with E-state index >= 15 is 0 Å². The number of rotatable bonds is 15. The highest BCUT2D eigenvalue weighted by Crippen LogP contribution is 2.28. The number of hydrogen-bond donors (Lipinski definition) is 6. The van der Waals surface area contributed by atoms with Crippen molar-refractivity contribution in [1.29, 1.82) is 0 Å². The van der Waals surface area contributed by atoms with Crippen molar-refractivity contribution in [3.8, 4) is 0 Å². The smallest absolute Gasteiger partial charge is 0.404 e. The first kappa shape index (κ1) is 47.6. The van der Waals surface area contributed by atoms with Gasteiger partial charge in [-0.2, -0.15) is 0 Å². The Bertz CT molecular complexity index is 1520. The van der Waals surface area contributed by atoms with Crippen molar-refractivity contribution in [2.75, 3.05) is 20.2 Å². The summed E-state index contributed by atoms with van der Waals surface area (Å²) in [6.45, 7) is 12.6. The molecule has 2 aliphatic rings. The summed E-state index contributed by atoms with van der Waals surface area (Å²) in [4.78, 5) is 84.4. The van der Waals surface area contributed by atoms with Gasteiger partial charge in [0.05, 0.1) is 37.9 Å². The molecule has 2 fully saturated rings. The van der Waals surface area contributed by atoms with E-state index in [2.05, 4.69) is 39.7 Å². The van der Waals surface area contributed by atoms with Crippen LogP contribution in [-0.4, -0.2) is 108 Å². The van der Waals surface area contributed by atoms with Crippen LogP contribution in [0.3, 0.4) is 0 Å². The number of nitrogens with zero attached hydrogens (tertiary/aromatic N) is 1. The molecule has 0 aromatic heterocycles. The molecule has 1 saturated heterocycles. The minimum Gasteiger partial charge on any atom is -0.465 e. The fourth-order valence-corrected chi connectivity index (χ4v) is 7.60. The molecule has 3 rings (SSSR count). The Balaban J connectivity index is 2.12. The first-order valence-corrected chi connectivity index (χ1v) is 20.7. The van der Waals surface area contributed by atoms with E-state index in [1.165, 1.54) is 4.90 Å². The van der Waals surface area contributed by atoms with Gasteiger partial charge in [0.15, 0.2) is 0 Å². The zero-order valence-electron chi connectivity index (χ0n) is 34.7. The number of carbonyl (C=O) groups is 6. The number of allylic oxidation sites excluding steroid dienone is 2. The Morgan fingerprint density at radius 1 is 0.931 bits per heavy atom. The summed E-state index contributed by atoms with van der Waals surface area (Å²) in [5, 5.41) is 22.9. The lowest BCUT2D eigenvalue weighted by molar-refractivity contribution is -0.148. The van der Waals surface area contributed by atoms with Crippen LogP contribution in [0.25, 0.3) is 0 Å². The first-order chi connectivity index (χ1) is 27.8. The van der Waals surface area contributed by atoms with Gasteiger partial charge in [-0.05, 0) is 70.3 Å². The van der Waals surface area contributed by atoms with Crippen LogP contribution in [0.1, 0.15) is 97.0 Å². The molecule has 58 heavy (non-hydrogen) atoms. The Morgan fingerprint density at radius 2 is 1.60 bits per heavy atom. The summed E-state index contributed by atoms with van der Waals surface area (Å²) < 4.78 is 12.5. The van der Waals surface area contributed by atoms with E-state index in [1.54, 1.807) is 33.0 Å². The Hall–Kier alpha value is -4.76. The van der Waals surface area contributed by atoms with E-state index in [0.29, 0.717) is 51.4 Å². The van der Waals surface area contributed by atoms with Gasteiger partial charge in [0, 0.05) is 13.1 Å². The van der Waals surface area contributed by atoms with Gasteiger partial charge in [0.1, 0.15) is 24.2 Å². The fraction of sp³-hybridized carbons (Fsp3) is 0.628. The molecule has 1 aromatic rings. The number of likely N-dealkylation sites (N-methyl/N-ethyl adjacent to an activating group) is 1. The van der Waals surface area contributed by atoms with E-state index < -0.39 is 84.6 Å². The van der Waals surface area contributed by atoms with Crippen molar-refractivity contribution < 1.29 is 43.3 Å². The van der Waals surface area contributed by atoms with Gasteiger partial charge in [0.2, 0.25) is 29.5 Å². The van der Waals surface area contributed by atoms with Crippen molar-refractivity contribution in [3.63, 3.8) is 0 Å². The van der Waals surface area contributed by atoms with E-state index in [9.17, 15) is 33.9 Å². The van der Waals surface area contributed by atoms with Gasteiger partial charge in [-0.25, -0.2) is 4.79 Å². The molecule has 15 nitrogen and oxygen atoms in total. The molecule has 1 heterocycles. The van der Waals surface area contributed by atoms with Crippen molar-refractivity contribution in [1.82, 2.24) is 31.5 Å². The van der Waals surface area contributed by atoms with Gasteiger partial charge in [0.25, 0.3) is 0 Å². The molecular formula is C43H66N6O9. The zero-order chi connectivity index (χ0) is 42.6. The zero-order valence-corrected chi connectivity index (χ0v) is 34.7. The molecular weight excluding hydrogens is 745 g/mol. The molecule has 322 valence electrons. The van der Waals surface area contributed by atoms with E-state index in [1.807, 2.05) is 37.3 Å². The van der Waals surface area contributed by atoms with Crippen LogP contribution in [0, 0.1) is 11.8 Å². The highest BCUT2D eigenvalue weighted by atomic mass is 16.5. The second-order valence-electron chi connectivity index (χ2n) is 15.5. The molecule has 0 spiro atoms. The lowest BCUT2D eigenvalue weighted by atomic mass is 9.83. The summed E-state index contributed by atoms with van der Waals surface area (Å²) in [6.07, 6.45) is 7.26. The highest BCUT2D eigenvalue weighted by Gasteiger charge is 2.40. The number of hydrogen-bond acceptors (Lipinski definition) is 8. The first-order valence-electron chi connectivity index (χ1n) is 20.7. The normalized spacial score (nSPS) is 26.7. The number of benzene rings is 1. The third-order valence-corrected chi connectivity index (χ3v) is 10.9. The van der Waals surface area contributed by atoms with E-state index in [4.69, 9.17) is 9.47 Å². The predicted octanol–water partition coefficient (Wildman–Crippen LogP) is 3.97. The number of ether oxygens (including phenoxy) is 2. The van der Waals surface area contributed by atoms with E-state index in [0.717, 1.165) is 24.8 Å². The molecule has 6 amide bonds. The molecule has 8 atom stereocenters. The monoisotopic (exact) mass is 810 g/mol. The second kappa shape index (κ2) is 24.9. The van der Waals surface area contributed by atoms with Crippen LogP contribution < -0.4 is 26.6 Å². The van der Waals surface area contributed by atoms with Crippen LogP contribution in [0.5, 0.6) is 0 Å². The standard InChI is InChI=1S/C43H66N6O9/c1-7-10-23-32-35(24-11-8-2)58-26-28(4)45-40(52)36(29(5)57-27-30-19-14-12-15-20-30)47-38(50)33(25-44-43(55)56)46-41(53)37(31-21-16-13-17-22-31)48-39(51)34(18-9-3)49(6)42(32)54/h7-8,12,14-15,19-20,28-29,31-37,44H,1-2,9-11,13,16-18,21-27H2,3-6H3,(H,45,52)(H,46,53)(H,47,50)(H,48,51)(H,55,56)/t28-,29?,32-,33+,34+,35-,36+,37+/m1/s1. The summed E-state index contributed by atoms with van der Waals surface area (Å²) in [5.41, 5.74) is 0.837. The topological polar surface area (TPSA) is 204 Å². The minimum atomic E-state index is -1.47. The van der Waals surface area contributed by atoms with Gasteiger partial charge >= 0.3 is 6.09 Å². The fourth-order valence-electron chi connectivity index (χ4n) is 7.60. The molecule has 1 aliphatic carbocycles. The SMILES string of the molecule is C=CCC[C@H]1OC[C@@H](C)NC(=O)[C@H](C(C)OCc2ccccc2)NC(=O)[C@H](CNC(=O)O)NC(=O)[C@H](C2CCCCC2)NC(=O)[C@H](CCC)N(C)C(=O)[C@@H]1CCC=C. The molecule has 0 bridgehead atoms. The summed E-state index contributed by atoms with van der Waals surface area (Å²) >= 11 is 0. The Labute approximate surface area is 343 Å².